The van der Waals surface area contributed by atoms with Crippen LogP contribution in [0.4, 0.5) is 0 Å². The zero-order chi connectivity index (χ0) is 16.2. The highest BCUT2D eigenvalue weighted by Gasteiger charge is 2.33. The van der Waals surface area contributed by atoms with Gasteiger partial charge in [0, 0.05) is 37.1 Å². The minimum atomic E-state index is 0. The van der Waals surface area contributed by atoms with E-state index in [1.54, 1.807) is 0 Å². The normalized spacial score (nSPS) is 20.6. The second kappa shape index (κ2) is 8.88. The second-order valence-electron chi connectivity index (χ2n) is 6.78. The second-order valence-corrected chi connectivity index (χ2v) is 7.19. The van der Waals surface area contributed by atoms with Gasteiger partial charge >= 0.3 is 0 Å². The summed E-state index contributed by atoms with van der Waals surface area (Å²) < 4.78 is 0. The Hall–Kier alpha value is -0.810. The fraction of sp³-hybridized carbons (Fsp3) is 0.588. The number of carbonyl (C=O) groups excluding carboxylic acids is 1. The summed E-state index contributed by atoms with van der Waals surface area (Å²) in [5.74, 6) is 0.0626. The van der Waals surface area contributed by atoms with E-state index >= 15 is 0 Å². The number of piperidine rings is 1. The predicted octanol–water partition coefficient (Wildman–Crippen LogP) is 2.83. The molecule has 1 aliphatic heterocycles. The van der Waals surface area contributed by atoms with E-state index in [0.717, 1.165) is 31.6 Å². The summed E-state index contributed by atoms with van der Waals surface area (Å²) in [7, 11) is 0. The molecule has 1 heterocycles. The summed E-state index contributed by atoms with van der Waals surface area (Å²) in [6, 6.07) is 7.82. The summed E-state index contributed by atoms with van der Waals surface area (Å²) in [6.45, 7) is 7.58. The molecule has 0 aliphatic carbocycles. The number of rotatable bonds is 5. The lowest BCUT2D eigenvalue weighted by atomic mass is 9.80. The third kappa shape index (κ3) is 5.96. The lowest BCUT2D eigenvalue weighted by Crippen LogP contribution is -2.52. The quantitative estimate of drug-likeness (QED) is 0.849. The largest absolute Gasteiger partial charge is 0.352 e. The molecule has 0 bridgehead atoms. The summed E-state index contributed by atoms with van der Waals surface area (Å²) in [5.41, 5.74) is 7.20. The van der Waals surface area contributed by atoms with Gasteiger partial charge in [-0.25, -0.2) is 0 Å². The monoisotopic (exact) mass is 359 g/mol. The van der Waals surface area contributed by atoms with E-state index < -0.39 is 0 Å². The maximum atomic E-state index is 12.0. The van der Waals surface area contributed by atoms with Crippen molar-refractivity contribution >= 4 is 29.9 Å². The van der Waals surface area contributed by atoms with E-state index in [9.17, 15) is 4.79 Å². The lowest BCUT2D eigenvalue weighted by molar-refractivity contribution is -0.121. The predicted molar refractivity (Wildman–Crippen MR) is 98.0 cm³/mol. The number of hydrogen-bond acceptors (Lipinski definition) is 3. The van der Waals surface area contributed by atoms with Crippen molar-refractivity contribution in [3.05, 3.63) is 34.9 Å². The first-order chi connectivity index (χ1) is 10.4. The fourth-order valence-corrected chi connectivity index (χ4v) is 3.06. The molecule has 6 heteroatoms. The zero-order valence-electron chi connectivity index (χ0n) is 13.8. The van der Waals surface area contributed by atoms with Crippen LogP contribution in [-0.2, 0) is 11.3 Å². The van der Waals surface area contributed by atoms with Crippen molar-refractivity contribution in [2.24, 2.45) is 11.1 Å². The molecule has 1 amide bonds. The van der Waals surface area contributed by atoms with Gasteiger partial charge < -0.3 is 16.0 Å². The van der Waals surface area contributed by atoms with Crippen LogP contribution >= 0.6 is 24.0 Å². The van der Waals surface area contributed by atoms with E-state index in [1.165, 1.54) is 0 Å². The number of carbonyl (C=O) groups is 1. The highest BCUT2D eigenvalue weighted by molar-refractivity contribution is 6.31. The molecule has 1 aromatic rings. The fourth-order valence-electron chi connectivity index (χ4n) is 2.86. The molecule has 0 aromatic heterocycles. The van der Waals surface area contributed by atoms with Crippen LogP contribution in [0.5, 0.6) is 0 Å². The minimum absolute atomic E-state index is 0. The van der Waals surface area contributed by atoms with Gasteiger partial charge in [-0.3, -0.25) is 4.79 Å². The molecule has 1 aliphatic rings. The van der Waals surface area contributed by atoms with E-state index in [-0.39, 0.29) is 29.8 Å². The molecule has 1 atom stereocenters. The van der Waals surface area contributed by atoms with Gasteiger partial charge in [-0.1, -0.05) is 43.6 Å². The first-order valence-electron chi connectivity index (χ1n) is 7.86. The highest BCUT2D eigenvalue weighted by Crippen LogP contribution is 2.27. The Morgan fingerprint density at radius 1 is 1.43 bits per heavy atom. The van der Waals surface area contributed by atoms with Crippen LogP contribution < -0.4 is 11.1 Å². The number of nitrogens with two attached hydrogens (primary N) is 1. The van der Waals surface area contributed by atoms with E-state index in [2.05, 4.69) is 24.1 Å². The average molecular weight is 360 g/mol. The van der Waals surface area contributed by atoms with Crippen molar-refractivity contribution in [2.45, 2.75) is 39.3 Å². The summed E-state index contributed by atoms with van der Waals surface area (Å²) >= 11 is 6.08. The van der Waals surface area contributed by atoms with Crippen LogP contribution in [0.2, 0.25) is 5.02 Å². The molecular weight excluding hydrogens is 333 g/mol. The molecule has 3 N–H and O–H groups in total. The molecule has 2 rings (SSSR count). The highest BCUT2D eigenvalue weighted by atomic mass is 35.5. The number of halogens is 2. The Labute approximate surface area is 150 Å². The molecule has 0 saturated carbocycles. The van der Waals surface area contributed by atoms with Crippen LogP contribution in [0.3, 0.4) is 0 Å². The molecule has 1 fully saturated rings. The standard InChI is InChI=1S/C17H26ClN3O.ClH/c1-17(2)12-21(9-7-15(17)19)10-8-16(22)20-11-13-5-3-4-6-14(13)18;/h3-6,15H,7-12,19H2,1-2H3,(H,20,22);1H. The van der Waals surface area contributed by atoms with E-state index in [0.29, 0.717) is 18.0 Å². The van der Waals surface area contributed by atoms with Gasteiger partial charge in [-0.05, 0) is 30.0 Å². The van der Waals surface area contributed by atoms with Crippen LogP contribution in [-0.4, -0.2) is 36.5 Å². The Morgan fingerprint density at radius 2 is 2.13 bits per heavy atom. The number of hydrogen-bond donors (Lipinski definition) is 2. The topological polar surface area (TPSA) is 58.4 Å². The first-order valence-corrected chi connectivity index (χ1v) is 8.24. The Balaban J connectivity index is 0.00000264. The number of nitrogens with zero attached hydrogens (tertiary/aromatic N) is 1. The summed E-state index contributed by atoms with van der Waals surface area (Å²) in [4.78, 5) is 14.3. The van der Waals surface area contributed by atoms with Gasteiger partial charge in [0.15, 0.2) is 0 Å². The van der Waals surface area contributed by atoms with Crippen LogP contribution in [0.15, 0.2) is 24.3 Å². The SMILES string of the molecule is CC1(C)CN(CCC(=O)NCc2ccccc2Cl)CCC1N.Cl. The maximum Gasteiger partial charge on any atom is 0.221 e. The molecule has 23 heavy (non-hydrogen) atoms. The number of nitrogens with one attached hydrogen (secondary N) is 1. The number of amides is 1. The van der Waals surface area contributed by atoms with Crippen molar-refractivity contribution in [1.82, 2.24) is 10.2 Å². The molecule has 130 valence electrons. The smallest absolute Gasteiger partial charge is 0.221 e. The summed E-state index contributed by atoms with van der Waals surface area (Å²) in [6.07, 6.45) is 1.50. The van der Waals surface area contributed by atoms with Gasteiger partial charge in [-0.15, -0.1) is 12.4 Å². The minimum Gasteiger partial charge on any atom is -0.352 e. The third-order valence-electron chi connectivity index (χ3n) is 4.48. The van der Waals surface area contributed by atoms with Crippen molar-refractivity contribution in [3.8, 4) is 0 Å². The van der Waals surface area contributed by atoms with Gasteiger partial charge in [0.05, 0.1) is 0 Å². The third-order valence-corrected chi connectivity index (χ3v) is 4.85. The summed E-state index contributed by atoms with van der Waals surface area (Å²) in [5, 5.41) is 3.62. The van der Waals surface area contributed by atoms with Gasteiger partial charge in [0.2, 0.25) is 5.91 Å². The number of likely N-dealkylation sites (tertiary alicyclic amines) is 1. The lowest BCUT2D eigenvalue weighted by Gasteiger charge is -2.42. The van der Waals surface area contributed by atoms with Gasteiger partial charge in [0.1, 0.15) is 0 Å². The Kier molecular flexibility index (Phi) is 7.81. The molecule has 0 radical (unpaired) electrons. The molecule has 1 aromatic carbocycles. The zero-order valence-corrected chi connectivity index (χ0v) is 15.4. The molecule has 1 unspecified atom stereocenters. The Bertz CT molecular complexity index is 522. The van der Waals surface area contributed by atoms with Crippen molar-refractivity contribution in [3.63, 3.8) is 0 Å². The molecule has 4 nitrogen and oxygen atoms in total. The molecule has 1 saturated heterocycles. The van der Waals surface area contributed by atoms with Crippen molar-refractivity contribution in [2.75, 3.05) is 19.6 Å². The maximum absolute atomic E-state index is 12.0. The van der Waals surface area contributed by atoms with Crippen molar-refractivity contribution in [1.29, 1.82) is 0 Å². The van der Waals surface area contributed by atoms with E-state index in [1.807, 2.05) is 24.3 Å². The van der Waals surface area contributed by atoms with Gasteiger partial charge in [0.25, 0.3) is 0 Å². The average Bonchev–Trinajstić information content (AvgIpc) is 2.47. The molecular formula is C17H27Cl2N3O. The van der Waals surface area contributed by atoms with Crippen LogP contribution in [0, 0.1) is 5.41 Å². The van der Waals surface area contributed by atoms with E-state index in [4.69, 9.17) is 17.3 Å². The van der Waals surface area contributed by atoms with Crippen molar-refractivity contribution < 1.29 is 4.79 Å². The number of benzene rings is 1. The Morgan fingerprint density at radius 3 is 2.78 bits per heavy atom. The van der Waals surface area contributed by atoms with Crippen LogP contribution in [0.25, 0.3) is 0 Å². The molecule has 0 spiro atoms. The first kappa shape index (κ1) is 20.2. The van der Waals surface area contributed by atoms with Crippen LogP contribution in [0.1, 0.15) is 32.3 Å². The van der Waals surface area contributed by atoms with Gasteiger partial charge in [-0.2, -0.15) is 0 Å².